The van der Waals surface area contributed by atoms with Crippen LogP contribution in [0.2, 0.25) is 0 Å². The summed E-state index contributed by atoms with van der Waals surface area (Å²) in [6, 6.07) is 7.24. The molecule has 2 heterocycles. The standard InChI is InChI=1S/C24H35N3O/c1-15-5-4-12-25-21(15)23(17-10-11-17)27-24(28)20-14-19-9-3-8-18(22(19)26-20)13-16-6-2-7-16/h3,8-9,15-17,20-21,23,25-26H,2,4-7,10-14H2,1H3,(H,27,28). The molecule has 0 aromatic heterocycles. The Kier molecular flexibility index (Phi) is 5.08. The first-order valence-electron chi connectivity index (χ1n) is 11.6. The third-order valence-electron chi connectivity index (χ3n) is 7.68. The van der Waals surface area contributed by atoms with Crippen LogP contribution in [0, 0.1) is 17.8 Å². The van der Waals surface area contributed by atoms with Gasteiger partial charge >= 0.3 is 0 Å². The van der Waals surface area contributed by atoms with E-state index < -0.39 is 0 Å². The SMILES string of the molecule is CC1CCCNC1C(NC(=O)C1Cc2cccc(CC3CCC3)c2N1)C1CC1. The van der Waals surface area contributed by atoms with Crippen molar-refractivity contribution in [3.8, 4) is 0 Å². The Morgan fingerprint density at radius 2 is 2.04 bits per heavy atom. The lowest BCUT2D eigenvalue weighted by Crippen LogP contribution is -2.58. The zero-order valence-electron chi connectivity index (χ0n) is 17.2. The van der Waals surface area contributed by atoms with Crippen molar-refractivity contribution in [3.63, 3.8) is 0 Å². The van der Waals surface area contributed by atoms with Crippen molar-refractivity contribution < 1.29 is 4.79 Å². The van der Waals surface area contributed by atoms with Crippen molar-refractivity contribution in [2.45, 2.75) is 82.8 Å². The smallest absolute Gasteiger partial charge is 0.243 e. The molecule has 2 aliphatic carbocycles. The summed E-state index contributed by atoms with van der Waals surface area (Å²) < 4.78 is 0. The molecule has 0 bridgehead atoms. The monoisotopic (exact) mass is 381 g/mol. The molecule has 1 saturated heterocycles. The molecule has 2 aliphatic heterocycles. The Morgan fingerprint density at radius 3 is 2.75 bits per heavy atom. The van der Waals surface area contributed by atoms with E-state index in [0.29, 0.717) is 23.9 Å². The second kappa shape index (κ2) is 7.70. The summed E-state index contributed by atoms with van der Waals surface area (Å²) in [5.74, 6) is 2.35. The van der Waals surface area contributed by atoms with Gasteiger partial charge in [0, 0.05) is 24.2 Å². The molecule has 3 N–H and O–H groups in total. The van der Waals surface area contributed by atoms with Crippen molar-refractivity contribution in [2.75, 3.05) is 11.9 Å². The summed E-state index contributed by atoms with van der Waals surface area (Å²) >= 11 is 0. The average Bonchev–Trinajstić information content (AvgIpc) is 3.41. The molecule has 4 unspecified atom stereocenters. The van der Waals surface area contributed by atoms with Gasteiger partial charge < -0.3 is 16.0 Å². The van der Waals surface area contributed by atoms with Crippen LogP contribution in [0.25, 0.3) is 0 Å². The number of rotatable bonds is 6. The van der Waals surface area contributed by atoms with E-state index in [4.69, 9.17) is 0 Å². The molecule has 2 saturated carbocycles. The van der Waals surface area contributed by atoms with E-state index in [0.717, 1.165) is 18.9 Å². The minimum absolute atomic E-state index is 0.113. The normalized spacial score (nSPS) is 30.8. The highest BCUT2D eigenvalue weighted by Gasteiger charge is 2.41. The number of carbonyl (C=O) groups excluding carboxylic acids is 1. The van der Waals surface area contributed by atoms with E-state index in [1.165, 1.54) is 68.2 Å². The van der Waals surface area contributed by atoms with Crippen molar-refractivity contribution in [3.05, 3.63) is 29.3 Å². The van der Waals surface area contributed by atoms with Gasteiger partial charge in [0.25, 0.3) is 0 Å². The van der Waals surface area contributed by atoms with E-state index in [1.54, 1.807) is 0 Å². The minimum Gasteiger partial charge on any atom is -0.373 e. The van der Waals surface area contributed by atoms with Gasteiger partial charge in [-0.1, -0.05) is 44.4 Å². The number of hydrogen-bond donors (Lipinski definition) is 3. The Hall–Kier alpha value is -1.55. The molecule has 152 valence electrons. The number of piperidine rings is 1. The van der Waals surface area contributed by atoms with E-state index in [1.807, 2.05) is 0 Å². The fourth-order valence-corrected chi connectivity index (χ4v) is 5.57. The lowest BCUT2D eigenvalue weighted by Gasteiger charge is -2.37. The van der Waals surface area contributed by atoms with Crippen molar-refractivity contribution in [2.24, 2.45) is 17.8 Å². The van der Waals surface area contributed by atoms with Gasteiger partial charge in [0.05, 0.1) is 0 Å². The second-order valence-electron chi connectivity index (χ2n) is 9.82. The van der Waals surface area contributed by atoms with Crippen LogP contribution in [-0.2, 0) is 17.6 Å². The van der Waals surface area contributed by atoms with Gasteiger partial charge in [-0.2, -0.15) is 0 Å². The summed E-state index contributed by atoms with van der Waals surface area (Å²) in [5.41, 5.74) is 3.99. The molecule has 4 aliphatic rings. The largest absolute Gasteiger partial charge is 0.373 e. The molecule has 1 aromatic rings. The van der Waals surface area contributed by atoms with Gasteiger partial charge in [0.1, 0.15) is 6.04 Å². The number of hydrogen-bond acceptors (Lipinski definition) is 3. The predicted octanol–water partition coefficient (Wildman–Crippen LogP) is 3.65. The van der Waals surface area contributed by atoms with Crippen LogP contribution in [0.15, 0.2) is 18.2 Å². The number of para-hydroxylation sites is 1. The van der Waals surface area contributed by atoms with Crippen molar-refractivity contribution in [1.29, 1.82) is 0 Å². The summed E-state index contributed by atoms with van der Waals surface area (Å²) in [4.78, 5) is 13.2. The fraction of sp³-hybridized carbons (Fsp3) is 0.708. The second-order valence-corrected chi connectivity index (χ2v) is 9.82. The quantitative estimate of drug-likeness (QED) is 0.705. The highest BCUT2D eigenvalue weighted by molar-refractivity contribution is 5.88. The van der Waals surface area contributed by atoms with Gasteiger partial charge in [-0.3, -0.25) is 4.79 Å². The maximum Gasteiger partial charge on any atom is 0.243 e. The first kappa shape index (κ1) is 18.5. The topological polar surface area (TPSA) is 53.2 Å². The number of anilines is 1. The molecule has 0 spiro atoms. The lowest BCUT2D eigenvalue weighted by atomic mass is 9.80. The number of benzene rings is 1. The molecule has 5 rings (SSSR count). The Balaban J connectivity index is 1.26. The third kappa shape index (κ3) is 3.68. The van der Waals surface area contributed by atoms with Crippen molar-refractivity contribution in [1.82, 2.24) is 10.6 Å². The number of carbonyl (C=O) groups is 1. The summed E-state index contributed by atoms with van der Waals surface area (Å²) in [5, 5.41) is 10.8. The van der Waals surface area contributed by atoms with Gasteiger partial charge in [0.2, 0.25) is 5.91 Å². The van der Waals surface area contributed by atoms with Crippen LogP contribution < -0.4 is 16.0 Å². The van der Waals surface area contributed by atoms with Gasteiger partial charge in [-0.25, -0.2) is 0 Å². The molecule has 3 fully saturated rings. The maximum atomic E-state index is 13.2. The molecule has 1 aromatic carbocycles. The highest BCUT2D eigenvalue weighted by Crippen LogP contribution is 2.38. The molecule has 0 radical (unpaired) electrons. The van der Waals surface area contributed by atoms with Crippen molar-refractivity contribution >= 4 is 11.6 Å². The Labute approximate surface area is 169 Å². The van der Waals surface area contributed by atoms with Gasteiger partial charge in [-0.15, -0.1) is 0 Å². The Bertz CT molecular complexity index is 725. The van der Waals surface area contributed by atoms with Gasteiger partial charge in [0.15, 0.2) is 0 Å². The van der Waals surface area contributed by atoms with E-state index >= 15 is 0 Å². The molecule has 28 heavy (non-hydrogen) atoms. The summed E-state index contributed by atoms with van der Waals surface area (Å²) in [7, 11) is 0. The molecule has 1 amide bonds. The lowest BCUT2D eigenvalue weighted by molar-refractivity contribution is -0.123. The first-order chi connectivity index (χ1) is 13.7. The predicted molar refractivity (Wildman–Crippen MR) is 113 cm³/mol. The molecule has 4 atom stereocenters. The summed E-state index contributed by atoms with van der Waals surface area (Å²) in [6.07, 6.45) is 11.2. The third-order valence-corrected chi connectivity index (χ3v) is 7.68. The van der Waals surface area contributed by atoms with Crippen LogP contribution in [0.1, 0.15) is 63.0 Å². The molecular weight excluding hydrogens is 346 g/mol. The summed E-state index contributed by atoms with van der Waals surface area (Å²) in [6.45, 7) is 3.43. The number of nitrogens with one attached hydrogen (secondary N) is 3. The molecule has 4 nitrogen and oxygen atoms in total. The Morgan fingerprint density at radius 1 is 1.18 bits per heavy atom. The zero-order chi connectivity index (χ0) is 19.1. The molecular formula is C24H35N3O. The first-order valence-corrected chi connectivity index (χ1v) is 11.6. The number of fused-ring (bicyclic) bond motifs is 1. The zero-order valence-corrected chi connectivity index (χ0v) is 17.2. The van der Waals surface area contributed by atoms with Crippen LogP contribution in [0.5, 0.6) is 0 Å². The van der Waals surface area contributed by atoms with E-state index in [9.17, 15) is 4.79 Å². The molecule has 4 heteroatoms. The average molecular weight is 382 g/mol. The minimum atomic E-state index is -0.113. The maximum absolute atomic E-state index is 13.2. The van der Waals surface area contributed by atoms with E-state index in [-0.39, 0.29) is 11.9 Å². The van der Waals surface area contributed by atoms with Crippen LogP contribution in [0.4, 0.5) is 5.69 Å². The van der Waals surface area contributed by atoms with E-state index in [2.05, 4.69) is 41.1 Å². The van der Waals surface area contributed by atoms with Crippen LogP contribution >= 0.6 is 0 Å². The highest BCUT2D eigenvalue weighted by atomic mass is 16.2. The van der Waals surface area contributed by atoms with Crippen LogP contribution in [-0.4, -0.2) is 30.6 Å². The number of amides is 1. The fourth-order valence-electron chi connectivity index (χ4n) is 5.57. The van der Waals surface area contributed by atoms with Crippen LogP contribution in [0.3, 0.4) is 0 Å². The van der Waals surface area contributed by atoms with Gasteiger partial charge in [-0.05, 0) is 67.5 Å².